The third-order valence-corrected chi connectivity index (χ3v) is 3.60. The van der Waals surface area contributed by atoms with Gasteiger partial charge in [0.05, 0.1) is 5.75 Å². The maximum absolute atomic E-state index is 11.5. The summed E-state index contributed by atoms with van der Waals surface area (Å²) in [5, 5.41) is 2.83. The summed E-state index contributed by atoms with van der Waals surface area (Å²) in [6.07, 6.45) is 0.830. The Labute approximate surface area is 87.5 Å². The van der Waals surface area contributed by atoms with Crippen LogP contribution in [-0.4, -0.2) is 33.8 Å². The van der Waals surface area contributed by atoms with Gasteiger partial charge in [0.2, 0.25) is 10.0 Å². The Morgan fingerprint density at radius 2 is 1.86 bits per heavy atom. The van der Waals surface area contributed by atoms with Crippen LogP contribution in [0.5, 0.6) is 0 Å². The van der Waals surface area contributed by atoms with Crippen LogP contribution in [0.2, 0.25) is 0 Å². The lowest BCUT2D eigenvalue weighted by atomic mass is 10.0. The first-order valence-electron chi connectivity index (χ1n) is 5.07. The van der Waals surface area contributed by atoms with E-state index in [0.717, 1.165) is 6.42 Å². The smallest absolute Gasteiger partial charge is 0.213 e. The first-order valence-corrected chi connectivity index (χ1v) is 6.72. The van der Waals surface area contributed by atoms with Crippen molar-refractivity contribution in [1.82, 2.24) is 10.0 Å². The molecule has 0 bridgehead atoms. The van der Waals surface area contributed by atoms with E-state index in [4.69, 9.17) is 0 Å². The lowest BCUT2D eigenvalue weighted by Crippen LogP contribution is -2.40. The van der Waals surface area contributed by atoms with Crippen LogP contribution in [0.25, 0.3) is 0 Å². The quantitative estimate of drug-likeness (QED) is 0.662. The molecule has 0 aromatic heterocycles. The van der Waals surface area contributed by atoms with Crippen LogP contribution < -0.4 is 10.0 Å². The van der Waals surface area contributed by atoms with Crippen molar-refractivity contribution in [2.24, 2.45) is 5.92 Å². The maximum atomic E-state index is 11.5. The second-order valence-electron chi connectivity index (χ2n) is 3.80. The molecule has 1 unspecified atom stereocenters. The summed E-state index contributed by atoms with van der Waals surface area (Å²) in [4.78, 5) is 0. The second kappa shape index (κ2) is 6.37. The summed E-state index contributed by atoms with van der Waals surface area (Å²) in [7, 11) is -1.37. The molecule has 0 aliphatic rings. The van der Waals surface area contributed by atoms with E-state index in [1.807, 2.05) is 20.8 Å². The van der Waals surface area contributed by atoms with Crippen molar-refractivity contribution < 1.29 is 8.42 Å². The van der Waals surface area contributed by atoms with Crippen molar-refractivity contribution in [2.75, 3.05) is 19.3 Å². The van der Waals surface area contributed by atoms with E-state index < -0.39 is 10.0 Å². The largest absolute Gasteiger partial charge is 0.319 e. The fourth-order valence-corrected chi connectivity index (χ4v) is 2.71. The zero-order chi connectivity index (χ0) is 11.2. The highest BCUT2D eigenvalue weighted by Crippen LogP contribution is 2.06. The number of hydrogen-bond acceptors (Lipinski definition) is 3. The molecule has 0 saturated heterocycles. The minimum Gasteiger partial charge on any atom is -0.319 e. The molecule has 0 saturated carbocycles. The van der Waals surface area contributed by atoms with E-state index in [-0.39, 0.29) is 11.8 Å². The van der Waals surface area contributed by atoms with Crippen LogP contribution in [-0.2, 0) is 10.0 Å². The van der Waals surface area contributed by atoms with E-state index in [1.165, 1.54) is 0 Å². The first-order chi connectivity index (χ1) is 6.43. The highest BCUT2D eigenvalue weighted by molar-refractivity contribution is 7.89. The molecule has 2 N–H and O–H groups in total. The lowest BCUT2D eigenvalue weighted by Gasteiger charge is -2.20. The molecule has 0 amide bonds. The molecule has 0 aromatic carbocycles. The summed E-state index contributed by atoms with van der Waals surface area (Å²) >= 11 is 0. The predicted octanol–water partition coefficient (Wildman–Crippen LogP) is 0.560. The molecule has 1 atom stereocenters. The molecule has 0 heterocycles. The Kier molecular flexibility index (Phi) is 6.31. The van der Waals surface area contributed by atoms with Crippen LogP contribution in [0.4, 0.5) is 0 Å². The molecule has 0 fully saturated rings. The van der Waals surface area contributed by atoms with Crippen LogP contribution in [0.15, 0.2) is 0 Å². The van der Waals surface area contributed by atoms with Gasteiger partial charge in [0, 0.05) is 12.6 Å². The van der Waals surface area contributed by atoms with Gasteiger partial charge in [0.25, 0.3) is 0 Å². The highest BCUT2D eigenvalue weighted by atomic mass is 32.2. The van der Waals surface area contributed by atoms with Crippen molar-refractivity contribution in [1.29, 1.82) is 0 Å². The Morgan fingerprint density at radius 1 is 1.29 bits per heavy atom. The van der Waals surface area contributed by atoms with Crippen LogP contribution in [0.3, 0.4) is 0 Å². The topological polar surface area (TPSA) is 58.2 Å². The summed E-state index contributed by atoms with van der Waals surface area (Å²) in [5.74, 6) is 0.483. The van der Waals surface area contributed by atoms with Gasteiger partial charge in [0.1, 0.15) is 0 Å². The van der Waals surface area contributed by atoms with E-state index in [0.29, 0.717) is 12.5 Å². The Hall–Kier alpha value is -0.130. The van der Waals surface area contributed by atoms with Gasteiger partial charge < -0.3 is 5.32 Å². The molecule has 0 spiro atoms. The average Bonchev–Trinajstić information content (AvgIpc) is 2.10. The monoisotopic (exact) mass is 222 g/mol. The van der Waals surface area contributed by atoms with Gasteiger partial charge in [-0.15, -0.1) is 0 Å². The van der Waals surface area contributed by atoms with Gasteiger partial charge in [-0.3, -0.25) is 0 Å². The number of nitrogens with one attached hydrogen (secondary N) is 2. The molecule has 14 heavy (non-hydrogen) atoms. The van der Waals surface area contributed by atoms with Gasteiger partial charge in [-0.2, -0.15) is 0 Å². The molecule has 0 aliphatic heterocycles. The second-order valence-corrected chi connectivity index (χ2v) is 5.67. The van der Waals surface area contributed by atoms with E-state index in [9.17, 15) is 8.42 Å². The number of hydrogen-bond donors (Lipinski definition) is 2. The van der Waals surface area contributed by atoms with Gasteiger partial charge in [0.15, 0.2) is 0 Å². The Bertz CT molecular complexity index is 237. The third-order valence-electron chi connectivity index (χ3n) is 2.20. The summed E-state index contributed by atoms with van der Waals surface area (Å²) < 4.78 is 25.7. The fraction of sp³-hybridized carbons (Fsp3) is 1.00. The molecule has 0 aliphatic carbocycles. The SMILES string of the molecule is CCC(NS(=O)(=O)CCNC)C(C)C. The minimum absolute atomic E-state index is 0.0526. The summed E-state index contributed by atoms with van der Waals surface area (Å²) in [5.41, 5.74) is 0. The van der Waals surface area contributed by atoms with Crippen LogP contribution >= 0.6 is 0 Å². The molecule has 0 aromatic rings. The molecule has 4 nitrogen and oxygen atoms in total. The number of rotatable bonds is 7. The lowest BCUT2D eigenvalue weighted by molar-refractivity contribution is 0.437. The fourth-order valence-electron chi connectivity index (χ4n) is 1.22. The molecular formula is C9H22N2O2S. The normalized spacial score (nSPS) is 14.6. The maximum Gasteiger partial charge on any atom is 0.213 e. The summed E-state index contributed by atoms with van der Waals surface area (Å²) in [6, 6.07) is 0.0526. The third kappa shape index (κ3) is 5.57. The molecule has 5 heteroatoms. The molecule has 0 radical (unpaired) electrons. The highest BCUT2D eigenvalue weighted by Gasteiger charge is 2.18. The zero-order valence-corrected chi connectivity index (χ0v) is 10.3. The molecule has 86 valence electrons. The van der Waals surface area contributed by atoms with Crippen molar-refractivity contribution >= 4 is 10.0 Å². The van der Waals surface area contributed by atoms with Crippen LogP contribution in [0.1, 0.15) is 27.2 Å². The Balaban J connectivity index is 4.18. The van der Waals surface area contributed by atoms with Gasteiger partial charge in [-0.25, -0.2) is 13.1 Å². The molecule has 0 rings (SSSR count). The van der Waals surface area contributed by atoms with E-state index in [1.54, 1.807) is 7.05 Å². The predicted molar refractivity (Wildman–Crippen MR) is 59.8 cm³/mol. The summed E-state index contributed by atoms with van der Waals surface area (Å²) in [6.45, 7) is 6.53. The van der Waals surface area contributed by atoms with Crippen molar-refractivity contribution in [2.45, 2.75) is 33.2 Å². The minimum atomic E-state index is -3.11. The first kappa shape index (κ1) is 13.9. The van der Waals surface area contributed by atoms with Gasteiger partial charge >= 0.3 is 0 Å². The van der Waals surface area contributed by atoms with Gasteiger partial charge in [-0.1, -0.05) is 20.8 Å². The molecular weight excluding hydrogens is 200 g/mol. The average molecular weight is 222 g/mol. The van der Waals surface area contributed by atoms with E-state index in [2.05, 4.69) is 10.0 Å². The number of sulfonamides is 1. The standard InChI is InChI=1S/C9H22N2O2S/c1-5-9(8(2)3)11-14(12,13)7-6-10-4/h8-11H,5-7H2,1-4H3. The van der Waals surface area contributed by atoms with Crippen LogP contribution in [0, 0.1) is 5.92 Å². The van der Waals surface area contributed by atoms with Crippen molar-refractivity contribution in [3.05, 3.63) is 0 Å². The van der Waals surface area contributed by atoms with E-state index >= 15 is 0 Å². The zero-order valence-electron chi connectivity index (χ0n) is 9.50. The van der Waals surface area contributed by atoms with Crippen molar-refractivity contribution in [3.8, 4) is 0 Å². The Morgan fingerprint density at radius 3 is 2.21 bits per heavy atom. The van der Waals surface area contributed by atoms with Crippen molar-refractivity contribution in [3.63, 3.8) is 0 Å². The van der Waals surface area contributed by atoms with Gasteiger partial charge in [-0.05, 0) is 19.4 Å².